The van der Waals surface area contributed by atoms with Crippen molar-refractivity contribution < 1.29 is 23.5 Å². The van der Waals surface area contributed by atoms with Gasteiger partial charge in [0, 0.05) is 18.3 Å². The third-order valence-electron chi connectivity index (χ3n) is 6.92. The van der Waals surface area contributed by atoms with E-state index in [2.05, 4.69) is 19.2 Å². The average molecular weight is 536 g/mol. The molecule has 1 atom stereocenters. The first-order valence-electron chi connectivity index (χ1n) is 13.4. The maximum absolute atomic E-state index is 13.6. The fourth-order valence-corrected chi connectivity index (χ4v) is 4.22. The number of urea groups is 1. The van der Waals surface area contributed by atoms with Gasteiger partial charge >= 0.3 is 6.03 Å². The van der Waals surface area contributed by atoms with E-state index in [4.69, 9.17) is 13.9 Å². The molecular weight excluding hydrogens is 494 g/mol. The van der Waals surface area contributed by atoms with E-state index in [0.29, 0.717) is 48.4 Å². The summed E-state index contributed by atoms with van der Waals surface area (Å²) in [5.74, 6) is 2.22. The second-order valence-corrected chi connectivity index (χ2v) is 9.93. The first-order valence-corrected chi connectivity index (χ1v) is 13.4. The first kappa shape index (κ1) is 29.6. The molecule has 39 heavy (non-hydrogen) atoms. The van der Waals surface area contributed by atoms with Crippen LogP contribution in [-0.2, 0) is 17.8 Å². The number of nitrogens with one attached hydrogen (secondary N) is 1. The molecule has 3 rings (SSSR count). The second kappa shape index (κ2) is 14.3. The van der Waals surface area contributed by atoms with Crippen LogP contribution in [0.3, 0.4) is 0 Å². The van der Waals surface area contributed by atoms with Crippen LogP contribution >= 0.6 is 0 Å². The van der Waals surface area contributed by atoms with Crippen LogP contribution in [-0.4, -0.2) is 55.1 Å². The molecule has 0 saturated carbocycles. The molecule has 2 aromatic carbocycles. The summed E-state index contributed by atoms with van der Waals surface area (Å²) in [6.45, 7) is 8.93. The van der Waals surface area contributed by atoms with E-state index in [9.17, 15) is 9.59 Å². The lowest BCUT2D eigenvalue weighted by molar-refractivity contribution is -0.133. The van der Waals surface area contributed by atoms with Gasteiger partial charge in [-0.3, -0.25) is 4.79 Å². The first-order chi connectivity index (χ1) is 18.7. The molecule has 0 spiro atoms. The molecule has 8 heteroatoms. The summed E-state index contributed by atoms with van der Waals surface area (Å²) in [4.78, 5) is 30.3. The molecule has 3 aromatic rings. The van der Waals surface area contributed by atoms with Gasteiger partial charge in [-0.25, -0.2) is 4.79 Å². The van der Waals surface area contributed by atoms with E-state index in [1.165, 1.54) is 5.56 Å². The molecule has 0 bridgehead atoms. The van der Waals surface area contributed by atoms with E-state index in [1.54, 1.807) is 36.3 Å². The van der Waals surface area contributed by atoms with Gasteiger partial charge in [0.25, 0.3) is 0 Å². The van der Waals surface area contributed by atoms with Gasteiger partial charge in [0.2, 0.25) is 5.91 Å². The lowest BCUT2D eigenvalue weighted by Gasteiger charge is -2.31. The summed E-state index contributed by atoms with van der Waals surface area (Å²) in [5.41, 5.74) is 2.90. The number of nitrogens with zero attached hydrogens (tertiary/aromatic N) is 2. The number of benzene rings is 2. The van der Waals surface area contributed by atoms with Crippen molar-refractivity contribution in [3.8, 4) is 11.5 Å². The molecule has 1 N–H and O–H groups in total. The number of carbonyl (C=O) groups excluding carboxylic acids is 2. The van der Waals surface area contributed by atoms with E-state index >= 15 is 0 Å². The Balaban J connectivity index is 1.74. The predicted octanol–water partition coefficient (Wildman–Crippen LogP) is 6.32. The number of amides is 3. The smallest absolute Gasteiger partial charge is 0.322 e. The average Bonchev–Trinajstić information content (AvgIpc) is 3.46. The Bertz CT molecular complexity index is 1190. The van der Waals surface area contributed by atoms with Crippen molar-refractivity contribution in [2.75, 3.05) is 32.6 Å². The SMILES string of the molecule is CCC(C)N(CC(=O)N(CCc1ccc(OC)c(OC)c1)Cc1ccco1)C(=O)Nc1ccc(C(C)C)cc1. The topological polar surface area (TPSA) is 84.2 Å². The third-order valence-corrected chi connectivity index (χ3v) is 6.92. The van der Waals surface area contributed by atoms with Crippen LogP contribution in [0.15, 0.2) is 65.3 Å². The Labute approximate surface area is 231 Å². The minimum Gasteiger partial charge on any atom is -0.493 e. The molecule has 1 unspecified atom stereocenters. The highest BCUT2D eigenvalue weighted by Gasteiger charge is 2.25. The minimum absolute atomic E-state index is 0.0441. The molecule has 3 amide bonds. The monoisotopic (exact) mass is 535 g/mol. The van der Waals surface area contributed by atoms with Gasteiger partial charge in [-0.05, 0) is 73.2 Å². The Morgan fingerprint density at radius 2 is 1.69 bits per heavy atom. The zero-order valence-corrected chi connectivity index (χ0v) is 23.9. The third kappa shape index (κ3) is 8.27. The standard InChI is InChI=1S/C31H41N3O5/c1-7-23(4)34(31(36)32-26-13-11-25(12-14-26)22(2)3)21-30(35)33(20-27-9-8-18-39-27)17-16-24-10-15-28(37-5)29(19-24)38-6/h8-15,18-19,22-23H,7,16-17,20-21H2,1-6H3,(H,32,36). The molecule has 210 valence electrons. The van der Waals surface area contributed by atoms with Crippen LogP contribution < -0.4 is 14.8 Å². The van der Waals surface area contributed by atoms with Crippen molar-refractivity contribution >= 4 is 17.6 Å². The van der Waals surface area contributed by atoms with Gasteiger partial charge in [-0.1, -0.05) is 39.0 Å². The van der Waals surface area contributed by atoms with Crippen molar-refractivity contribution in [3.05, 3.63) is 77.7 Å². The van der Waals surface area contributed by atoms with E-state index in [-0.39, 0.29) is 24.5 Å². The van der Waals surface area contributed by atoms with E-state index in [1.807, 2.05) is 62.4 Å². The quantitative estimate of drug-likeness (QED) is 0.277. The van der Waals surface area contributed by atoms with Crippen LogP contribution in [0.2, 0.25) is 0 Å². The maximum atomic E-state index is 13.6. The van der Waals surface area contributed by atoms with Crippen LogP contribution in [0.1, 0.15) is 56.9 Å². The van der Waals surface area contributed by atoms with Crippen LogP contribution in [0.25, 0.3) is 0 Å². The molecule has 0 saturated heterocycles. The van der Waals surface area contributed by atoms with Crippen molar-refractivity contribution in [1.29, 1.82) is 0 Å². The van der Waals surface area contributed by atoms with Crippen LogP contribution in [0.4, 0.5) is 10.5 Å². The molecule has 0 radical (unpaired) electrons. The number of ether oxygens (including phenoxy) is 2. The fourth-order valence-electron chi connectivity index (χ4n) is 4.22. The predicted molar refractivity (Wildman–Crippen MR) is 153 cm³/mol. The van der Waals surface area contributed by atoms with Crippen molar-refractivity contribution in [2.24, 2.45) is 0 Å². The van der Waals surface area contributed by atoms with Crippen molar-refractivity contribution in [2.45, 2.75) is 59.0 Å². The molecule has 0 fully saturated rings. The summed E-state index contributed by atoms with van der Waals surface area (Å²) >= 11 is 0. The number of hydrogen-bond acceptors (Lipinski definition) is 5. The number of anilines is 1. The zero-order valence-electron chi connectivity index (χ0n) is 23.9. The van der Waals surface area contributed by atoms with Gasteiger partial charge in [-0.2, -0.15) is 0 Å². The summed E-state index contributed by atoms with van der Waals surface area (Å²) in [5, 5.41) is 2.97. The highest BCUT2D eigenvalue weighted by molar-refractivity contribution is 5.92. The van der Waals surface area contributed by atoms with Gasteiger partial charge in [0.1, 0.15) is 12.3 Å². The number of carbonyl (C=O) groups is 2. The van der Waals surface area contributed by atoms with E-state index < -0.39 is 0 Å². The van der Waals surface area contributed by atoms with Crippen molar-refractivity contribution in [1.82, 2.24) is 9.80 Å². The van der Waals surface area contributed by atoms with Gasteiger partial charge in [-0.15, -0.1) is 0 Å². The van der Waals surface area contributed by atoms with Crippen LogP contribution in [0.5, 0.6) is 11.5 Å². The van der Waals surface area contributed by atoms with E-state index in [0.717, 1.165) is 12.0 Å². The Morgan fingerprint density at radius 1 is 0.974 bits per heavy atom. The molecule has 0 aliphatic rings. The van der Waals surface area contributed by atoms with Crippen LogP contribution in [0, 0.1) is 0 Å². The number of furan rings is 1. The number of hydrogen-bond donors (Lipinski definition) is 1. The number of rotatable bonds is 13. The molecular formula is C31H41N3O5. The largest absolute Gasteiger partial charge is 0.493 e. The maximum Gasteiger partial charge on any atom is 0.322 e. The normalized spacial score (nSPS) is 11.7. The molecule has 1 heterocycles. The molecule has 0 aliphatic heterocycles. The lowest BCUT2D eigenvalue weighted by Crippen LogP contribution is -2.48. The minimum atomic E-state index is -0.298. The molecule has 1 aromatic heterocycles. The van der Waals surface area contributed by atoms with Crippen molar-refractivity contribution in [3.63, 3.8) is 0 Å². The number of methoxy groups -OCH3 is 2. The Hall–Kier alpha value is -3.94. The highest BCUT2D eigenvalue weighted by Crippen LogP contribution is 2.28. The van der Waals surface area contributed by atoms with Gasteiger partial charge < -0.3 is 29.0 Å². The lowest BCUT2D eigenvalue weighted by atomic mass is 10.0. The van der Waals surface area contributed by atoms with Gasteiger partial charge in [0.15, 0.2) is 11.5 Å². The summed E-state index contributed by atoms with van der Waals surface area (Å²) in [6.07, 6.45) is 2.91. The molecule has 0 aliphatic carbocycles. The Kier molecular flexibility index (Phi) is 10.8. The Morgan fingerprint density at radius 3 is 2.28 bits per heavy atom. The van der Waals surface area contributed by atoms with Gasteiger partial charge in [0.05, 0.1) is 27.0 Å². The fraction of sp³-hybridized carbons (Fsp3) is 0.419. The summed E-state index contributed by atoms with van der Waals surface area (Å²) in [7, 11) is 3.20. The molecule has 8 nitrogen and oxygen atoms in total. The second-order valence-electron chi connectivity index (χ2n) is 9.93. The zero-order chi connectivity index (χ0) is 28.4. The summed E-state index contributed by atoms with van der Waals surface area (Å²) in [6, 6.07) is 16.8. The highest BCUT2D eigenvalue weighted by atomic mass is 16.5. The summed E-state index contributed by atoms with van der Waals surface area (Å²) < 4.78 is 16.3.